The van der Waals surface area contributed by atoms with Crippen LogP contribution in [0.5, 0.6) is 0 Å². The molecule has 1 aliphatic rings. The number of amides is 2. The number of hydrogen-bond donors (Lipinski definition) is 2. The highest BCUT2D eigenvalue weighted by Crippen LogP contribution is 2.21. The Morgan fingerprint density at radius 1 is 1.00 bits per heavy atom. The van der Waals surface area contributed by atoms with E-state index in [9.17, 15) is 9.18 Å². The van der Waals surface area contributed by atoms with E-state index in [1.54, 1.807) is 11.1 Å². The molecule has 0 radical (unpaired) electrons. The normalized spacial score (nSPS) is 13.8. The number of nitrogens with zero attached hydrogens (tertiary/aromatic N) is 5. The summed E-state index contributed by atoms with van der Waals surface area (Å²) in [7, 11) is 0. The smallest absolute Gasteiger partial charge is 0.321 e. The minimum absolute atomic E-state index is 0.0310. The summed E-state index contributed by atoms with van der Waals surface area (Å²) < 4.78 is 13.3. The molecular formula is C20H19ClFN7O. The van der Waals surface area contributed by atoms with Gasteiger partial charge in [-0.25, -0.2) is 24.1 Å². The monoisotopic (exact) mass is 427 g/mol. The first-order chi connectivity index (χ1) is 14.6. The van der Waals surface area contributed by atoms with E-state index >= 15 is 0 Å². The molecule has 30 heavy (non-hydrogen) atoms. The second-order valence-electron chi connectivity index (χ2n) is 6.63. The molecule has 0 unspecified atom stereocenters. The predicted octanol–water partition coefficient (Wildman–Crippen LogP) is 3.76. The quantitative estimate of drug-likeness (QED) is 0.659. The Morgan fingerprint density at radius 2 is 1.83 bits per heavy atom. The van der Waals surface area contributed by atoms with E-state index in [0.29, 0.717) is 43.5 Å². The number of anilines is 4. The summed E-state index contributed by atoms with van der Waals surface area (Å²) in [6, 6.07) is 11.3. The number of carbonyl (C=O) groups excluding carboxylic acids is 1. The average molecular weight is 428 g/mol. The number of carbonyl (C=O) groups is 1. The van der Waals surface area contributed by atoms with Gasteiger partial charge in [-0.3, -0.25) is 0 Å². The van der Waals surface area contributed by atoms with Gasteiger partial charge in [0.05, 0.1) is 5.02 Å². The van der Waals surface area contributed by atoms with Crippen molar-refractivity contribution in [3.8, 4) is 0 Å². The summed E-state index contributed by atoms with van der Waals surface area (Å²) in [6.07, 6.45) is 3.20. The fraction of sp³-hybridized carbons (Fsp3) is 0.200. The van der Waals surface area contributed by atoms with Crippen LogP contribution in [-0.4, -0.2) is 52.1 Å². The van der Waals surface area contributed by atoms with Crippen LogP contribution in [-0.2, 0) is 0 Å². The Labute approximate surface area is 177 Å². The van der Waals surface area contributed by atoms with Crippen molar-refractivity contribution in [2.45, 2.75) is 0 Å². The molecule has 1 aliphatic heterocycles. The van der Waals surface area contributed by atoms with Gasteiger partial charge >= 0.3 is 6.03 Å². The van der Waals surface area contributed by atoms with Crippen molar-refractivity contribution in [2.24, 2.45) is 0 Å². The van der Waals surface area contributed by atoms with Crippen LogP contribution in [0.2, 0.25) is 5.02 Å². The van der Waals surface area contributed by atoms with Crippen LogP contribution >= 0.6 is 11.6 Å². The molecule has 3 aromatic rings. The molecule has 0 saturated carbocycles. The zero-order valence-corrected chi connectivity index (χ0v) is 16.7. The largest absolute Gasteiger partial charge is 0.353 e. The number of piperazine rings is 1. The van der Waals surface area contributed by atoms with Crippen LogP contribution in [0, 0.1) is 5.82 Å². The number of urea groups is 1. The highest BCUT2D eigenvalue weighted by atomic mass is 35.5. The minimum Gasteiger partial charge on any atom is -0.353 e. The molecule has 1 aromatic carbocycles. The maximum absolute atomic E-state index is 13.3. The Balaban J connectivity index is 1.34. The van der Waals surface area contributed by atoms with Crippen LogP contribution in [0.4, 0.5) is 32.3 Å². The van der Waals surface area contributed by atoms with Gasteiger partial charge in [0.25, 0.3) is 0 Å². The second-order valence-corrected chi connectivity index (χ2v) is 7.04. The fourth-order valence-electron chi connectivity index (χ4n) is 3.07. The van der Waals surface area contributed by atoms with E-state index in [2.05, 4.69) is 30.5 Å². The summed E-state index contributed by atoms with van der Waals surface area (Å²) in [6.45, 7) is 2.29. The molecule has 10 heteroatoms. The predicted molar refractivity (Wildman–Crippen MR) is 114 cm³/mol. The van der Waals surface area contributed by atoms with Gasteiger partial charge < -0.3 is 20.4 Å². The SMILES string of the molecule is O=C(Nc1ccc(F)c(Cl)c1)N1CCN(c2cc(Nc3ccccn3)ncn2)CC1. The van der Waals surface area contributed by atoms with Crippen molar-refractivity contribution in [1.29, 1.82) is 0 Å². The number of hydrogen-bond acceptors (Lipinski definition) is 6. The molecule has 2 N–H and O–H groups in total. The highest BCUT2D eigenvalue weighted by Gasteiger charge is 2.22. The fourth-order valence-corrected chi connectivity index (χ4v) is 3.25. The molecule has 8 nitrogen and oxygen atoms in total. The average Bonchev–Trinajstić information content (AvgIpc) is 2.77. The summed E-state index contributed by atoms with van der Waals surface area (Å²) in [5.74, 6) is 1.59. The van der Waals surface area contributed by atoms with Crippen molar-refractivity contribution < 1.29 is 9.18 Å². The van der Waals surface area contributed by atoms with Crippen LogP contribution in [0.1, 0.15) is 0 Å². The van der Waals surface area contributed by atoms with Gasteiger partial charge in [0.1, 0.15) is 29.6 Å². The molecule has 2 aromatic heterocycles. The second kappa shape index (κ2) is 8.91. The van der Waals surface area contributed by atoms with Gasteiger partial charge in [0.15, 0.2) is 0 Å². The number of rotatable bonds is 4. The number of pyridine rings is 1. The van der Waals surface area contributed by atoms with Gasteiger partial charge in [-0.2, -0.15) is 0 Å². The molecule has 3 heterocycles. The van der Waals surface area contributed by atoms with E-state index in [0.717, 1.165) is 5.82 Å². The molecule has 0 aliphatic carbocycles. The molecule has 154 valence electrons. The zero-order valence-electron chi connectivity index (χ0n) is 15.9. The first-order valence-electron chi connectivity index (χ1n) is 9.34. The van der Waals surface area contributed by atoms with Crippen molar-refractivity contribution in [1.82, 2.24) is 19.9 Å². The Kier molecular flexibility index (Phi) is 5.89. The first kappa shape index (κ1) is 19.8. The third-order valence-corrected chi connectivity index (χ3v) is 4.93. The summed E-state index contributed by atoms with van der Waals surface area (Å²) >= 11 is 5.77. The molecular weight excluding hydrogens is 409 g/mol. The van der Waals surface area contributed by atoms with Crippen molar-refractivity contribution in [3.05, 3.63) is 65.8 Å². The van der Waals surface area contributed by atoms with Gasteiger partial charge in [-0.05, 0) is 30.3 Å². The van der Waals surface area contributed by atoms with Crippen molar-refractivity contribution in [2.75, 3.05) is 41.7 Å². The molecule has 2 amide bonds. The number of halogens is 2. The molecule has 1 saturated heterocycles. The lowest BCUT2D eigenvalue weighted by molar-refractivity contribution is 0.208. The van der Waals surface area contributed by atoms with Gasteiger partial charge in [0, 0.05) is 44.1 Å². The highest BCUT2D eigenvalue weighted by molar-refractivity contribution is 6.31. The summed E-state index contributed by atoms with van der Waals surface area (Å²) in [5.41, 5.74) is 0.454. The molecule has 0 spiro atoms. The molecule has 0 bridgehead atoms. The maximum Gasteiger partial charge on any atom is 0.321 e. The van der Waals surface area contributed by atoms with E-state index in [-0.39, 0.29) is 11.1 Å². The summed E-state index contributed by atoms with van der Waals surface area (Å²) in [4.78, 5) is 29.1. The topological polar surface area (TPSA) is 86.3 Å². The Morgan fingerprint density at radius 3 is 2.57 bits per heavy atom. The summed E-state index contributed by atoms with van der Waals surface area (Å²) in [5, 5.41) is 5.86. The van der Waals surface area contributed by atoms with E-state index in [4.69, 9.17) is 11.6 Å². The van der Waals surface area contributed by atoms with Gasteiger partial charge in [0.2, 0.25) is 0 Å². The third kappa shape index (κ3) is 4.74. The maximum atomic E-state index is 13.3. The van der Waals surface area contributed by atoms with E-state index < -0.39 is 5.82 Å². The molecule has 4 rings (SSSR count). The number of aromatic nitrogens is 3. The lowest BCUT2D eigenvalue weighted by Crippen LogP contribution is -2.50. The Bertz CT molecular complexity index is 1030. The molecule has 0 atom stereocenters. The van der Waals surface area contributed by atoms with Gasteiger partial charge in [-0.15, -0.1) is 0 Å². The first-order valence-corrected chi connectivity index (χ1v) is 9.72. The standard InChI is InChI=1S/C20H19ClFN7O/c21-15-11-14(4-5-16(15)22)26-20(30)29-9-7-28(8-10-29)19-12-18(24-13-25-19)27-17-3-1-2-6-23-17/h1-6,11-13H,7-10H2,(H,26,30)(H,23,24,25,27). The lowest BCUT2D eigenvalue weighted by Gasteiger charge is -2.35. The van der Waals surface area contributed by atoms with Crippen LogP contribution < -0.4 is 15.5 Å². The van der Waals surface area contributed by atoms with Crippen LogP contribution in [0.15, 0.2) is 55.0 Å². The van der Waals surface area contributed by atoms with E-state index in [1.165, 1.54) is 24.5 Å². The third-order valence-electron chi connectivity index (χ3n) is 4.64. The minimum atomic E-state index is -0.523. The van der Waals surface area contributed by atoms with Gasteiger partial charge in [-0.1, -0.05) is 17.7 Å². The van der Waals surface area contributed by atoms with Crippen molar-refractivity contribution >= 4 is 40.8 Å². The zero-order chi connectivity index (χ0) is 20.9. The van der Waals surface area contributed by atoms with Crippen LogP contribution in [0.25, 0.3) is 0 Å². The lowest BCUT2D eigenvalue weighted by atomic mass is 10.3. The Hall–Kier alpha value is -3.46. The number of nitrogens with one attached hydrogen (secondary N) is 2. The van der Waals surface area contributed by atoms with Crippen molar-refractivity contribution in [3.63, 3.8) is 0 Å². The number of benzene rings is 1. The van der Waals surface area contributed by atoms with Crippen LogP contribution in [0.3, 0.4) is 0 Å². The van der Waals surface area contributed by atoms with E-state index in [1.807, 2.05) is 24.3 Å². The molecule has 1 fully saturated rings.